The van der Waals surface area contributed by atoms with Crippen LogP contribution in [0.4, 0.5) is 26.3 Å². The summed E-state index contributed by atoms with van der Waals surface area (Å²) in [6, 6.07) is 7.45. The zero-order valence-electron chi connectivity index (χ0n) is 22.7. The number of carbonyl (C=O) groups excluding carboxylic acids is 1. The summed E-state index contributed by atoms with van der Waals surface area (Å²) in [5, 5.41) is 0. The molecule has 40 heavy (non-hydrogen) atoms. The Morgan fingerprint density at radius 1 is 0.850 bits per heavy atom. The standard InChI is InChI=1S/C28H35F6NO5/c1-4-6-15-37-18-26(29,30)28(33,34)27(31,32)19-39-22-10-12-23(13-11-22)40-25(36)21-9-14-24(35-17-21)38-16-7-8-20(3)5-2/h9-14,17,20H,4-8,15-16,18-19H2,1-3H3. The zero-order valence-corrected chi connectivity index (χ0v) is 22.7. The Hall–Kier alpha value is -3.02. The summed E-state index contributed by atoms with van der Waals surface area (Å²) >= 11 is 0. The molecule has 2 aromatic rings. The van der Waals surface area contributed by atoms with Gasteiger partial charge in [0.2, 0.25) is 5.88 Å². The maximum Gasteiger partial charge on any atom is 0.377 e. The largest absolute Gasteiger partial charge is 0.487 e. The molecule has 0 aliphatic heterocycles. The first-order valence-electron chi connectivity index (χ1n) is 13.1. The predicted molar refractivity (Wildman–Crippen MR) is 136 cm³/mol. The molecule has 12 heteroatoms. The van der Waals surface area contributed by atoms with Crippen LogP contribution in [-0.2, 0) is 4.74 Å². The van der Waals surface area contributed by atoms with Crippen LogP contribution < -0.4 is 14.2 Å². The smallest absolute Gasteiger partial charge is 0.377 e. The molecule has 0 radical (unpaired) electrons. The molecular formula is C28H35F6NO5. The van der Waals surface area contributed by atoms with Gasteiger partial charge in [-0.2, -0.15) is 26.3 Å². The van der Waals surface area contributed by atoms with Crippen molar-refractivity contribution >= 4 is 5.97 Å². The number of alkyl halides is 6. The van der Waals surface area contributed by atoms with E-state index in [4.69, 9.17) is 9.47 Å². The van der Waals surface area contributed by atoms with E-state index < -0.39 is 37.0 Å². The van der Waals surface area contributed by atoms with Crippen LogP contribution in [0.15, 0.2) is 42.6 Å². The average Bonchev–Trinajstić information content (AvgIpc) is 2.93. The lowest BCUT2D eigenvalue weighted by Gasteiger charge is -2.32. The number of esters is 1. The van der Waals surface area contributed by atoms with E-state index in [1.807, 2.05) is 0 Å². The highest BCUT2D eigenvalue weighted by Crippen LogP contribution is 2.46. The Labute approximate surface area is 230 Å². The van der Waals surface area contributed by atoms with Crippen LogP contribution in [-0.4, -0.2) is 55.1 Å². The van der Waals surface area contributed by atoms with E-state index in [-0.39, 0.29) is 23.7 Å². The Morgan fingerprint density at radius 3 is 2.10 bits per heavy atom. The van der Waals surface area contributed by atoms with E-state index in [1.165, 1.54) is 30.5 Å². The second-order valence-electron chi connectivity index (χ2n) is 9.43. The van der Waals surface area contributed by atoms with Crippen molar-refractivity contribution in [2.24, 2.45) is 5.92 Å². The summed E-state index contributed by atoms with van der Waals surface area (Å²) in [6.07, 6.45) is 5.16. The Morgan fingerprint density at radius 2 is 1.50 bits per heavy atom. The summed E-state index contributed by atoms with van der Waals surface area (Å²) < 4.78 is 104. The molecule has 0 N–H and O–H groups in total. The Balaban J connectivity index is 1.87. The van der Waals surface area contributed by atoms with Crippen LogP contribution in [0.3, 0.4) is 0 Å². The molecule has 224 valence electrons. The van der Waals surface area contributed by atoms with E-state index in [1.54, 1.807) is 6.92 Å². The molecule has 0 spiro atoms. The third-order valence-corrected chi connectivity index (χ3v) is 6.06. The minimum atomic E-state index is -5.72. The van der Waals surface area contributed by atoms with E-state index >= 15 is 0 Å². The van der Waals surface area contributed by atoms with Crippen molar-refractivity contribution in [2.75, 3.05) is 26.4 Å². The van der Waals surface area contributed by atoms with Crippen LogP contribution in [0, 0.1) is 5.92 Å². The SMILES string of the molecule is CCCCOCC(F)(F)C(F)(F)C(F)(F)COc1ccc(OC(=O)c2ccc(OCCCC(C)CC)nc2)cc1. The molecule has 6 nitrogen and oxygen atoms in total. The molecule has 1 aromatic carbocycles. The van der Waals surface area contributed by atoms with Crippen LogP contribution in [0.2, 0.25) is 0 Å². The van der Waals surface area contributed by atoms with Crippen molar-refractivity contribution in [2.45, 2.75) is 70.6 Å². The molecule has 1 aromatic heterocycles. The molecule has 0 aliphatic carbocycles. The van der Waals surface area contributed by atoms with Gasteiger partial charge in [0.1, 0.15) is 18.1 Å². The molecule has 0 saturated carbocycles. The Kier molecular flexibility index (Phi) is 12.5. The molecule has 1 atom stereocenters. The first-order valence-corrected chi connectivity index (χ1v) is 13.1. The topological polar surface area (TPSA) is 66.9 Å². The second kappa shape index (κ2) is 15.1. The van der Waals surface area contributed by atoms with Crippen LogP contribution in [0.5, 0.6) is 17.4 Å². The molecule has 0 saturated heterocycles. The quantitative estimate of drug-likeness (QED) is 0.0784. The molecule has 0 aliphatic rings. The van der Waals surface area contributed by atoms with E-state index in [9.17, 15) is 31.1 Å². The van der Waals surface area contributed by atoms with E-state index in [0.717, 1.165) is 31.4 Å². The maximum absolute atomic E-state index is 14.1. The molecule has 1 unspecified atom stereocenters. The van der Waals surface area contributed by atoms with Gasteiger partial charge >= 0.3 is 23.7 Å². The number of ether oxygens (including phenoxy) is 4. The first-order chi connectivity index (χ1) is 18.8. The number of aromatic nitrogens is 1. The third kappa shape index (κ3) is 9.57. The van der Waals surface area contributed by atoms with Crippen LogP contribution in [0.25, 0.3) is 0 Å². The molecular weight excluding hydrogens is 544 g/mol. The normalized spacial score (nSPS) is 13.1. The predicted octanol–water partition coefficient (Wildman–Crippen LogP) is 7.61. The Bertz CT molecular complexity index is 1030. The summed E-state index contributed by atoms with van der Waals surface area (Å²) in [5.41, 5.74) is 0.119. The number of benzene rings is 1. The summed E-state index contributed by atoms with van der Waals surface area (Å²) in [6.45, 7) is 2.39. The number of rotatable bonds is 18. The lowest BCUT2D eigenvalue weighted by Crippen LogP contribution is -2.58. The number of hydrogen-bond acceptors (Lipinski definition) is 6. The molecule has 0 bridgehead atoms. The zero-order chi connectivity index (χ0) is 29.8. The van der Waals surface area contributed by atoms with Crippen molar-refractivity contribution in [1.29, 1.82) is 0 Å². The van der Waals surface area contributed by atoms with Gasteiger partial charge in [0, 0.05) is 18.9 Å². The number of carbonyl (C=O) groups is 1. The first kappa shape index (κ1) is 33.2. The maximum atomic E-state index is 14.1. The fourth-order valence-electron chi connectivity index (χ4n) is 3.24. The van der Waals surface area contributed by atoms with E-state index in [0.29, 0.717) is 31.2 Å². The summed E-state index contributed by atoms with van der Waals surface area (Å²) in [4.78, 5) is 16.4. The fraction of sp³-hybridized carbons (Fsp3) is 0.571. The monoisotopic (exact) mass is 579 g/mol. The number of nitrogens with zero attached hydrogens (tertiary/aromatic N) is 1. The van der Waals surface area contributed by atoms with Gasteiger partial charge in [0.15, 0.2) is 6.61 Å². The van der Waals surface area contributed by atoms with E-state index in [2.05, 4.69) is 28.3 Å². The van der Waals surface area contributed by atoms with Gasteiger partial charge in [0.05, 0.1) is 12.2 Å². The van der Waals surface area contributed by atoms with Crippen molar-refractivity contribution in [3.05, 3.63) is 48.2 Å². The third-order valence-electron chi connectivity index (χ3n) is 6.06. The van der Waals surface area contributed by atoms with Gasteiger partial charge in [-0.25, -0.2) is 9.78 Å². The molecule has 2 rings (SSSR count). The number of hydrogen-bond donors (Lipinski definition) is 0. The number of pyridine rings is 1. The van der Waals surface area contributed by atoms with Gasteiger partial charge < -0.3 is 18.9 Å². The van der Waals surface area contributed by atoms with Crippen molar-refractivity contribution in [3.8, 4) is 17.4 Å². The lowest BCUT2D eigenvalue weighted by molar-refractivity contribution is -0.324. The minimum absolute atomic E-state index is 0.00410. The number of halogens is 6. The van der Waals surface area contributed by atoms with Gasteiger partial charge in [-0.05, 0) is 55.5 Å². The molecule has 0 amide bonds. The number of unbranched alkanes of at least 4 members (excludes halogenated alkanes) is 1. The summed E-state index contributed by atoms with van der Waals surface area (Å²) in [5.74, 6) is -16.2. The van der Waals surface area contributed by atoms with Gasteiger partial charge in [0.25, 0.3) is 0 Å². The highest BCUT2D eigenvalue weighted by Gasteiger charge is 2.71. The van der Waals surface area contributed by atoms with Crippen molar-refractivity contribution < 1.29 is 50.1 Å². The lowest BCUT2D eigenvalue weighted by atomic mass is 10.0. The molecule has 0 fully saturated rings. The average molecular weight is 580 g/mol. The van der Waals surface area contributed by atoms with Gasteiger partial charge in [-0.15, -0.1) is 0 Å². The van der Waals surface area contributed by atoms with Crippen molar-refractivity contribution in [1.82, 2.24) is 4.98 Å². The van der Waals surface area contributed by atoms with Crippen LogP contribution >= 0.6 is 0 Å². The van der Waals surface area contributed by atoms with Crippen molar-refractivity contribution in [3.63, 3.8) is 0 Å². The minimum Gasteiger partial charge on any atom is -0.487 e. The van der Waals surface area contributed by atoms with Gasteiger partial charge in [-0.3, -0.25) is 0 Å². The highest BCUT2D eigenvalue weighted by atomic mass is 19.3. The second-order valence-corrected chi connectivity index (χ2v) is 9.43. The van der Waals surface area contributed by atoms with Gasteiger partial charge in [-0.1, -0.05) is 33.6 Å². The molecule has 1 heterocycles. The highest BCUT2D eigenvalue weighted by molar-refractivity contribution is 5.90. The van der Waals surface area contributed by atoms with Crippen LogP contribution in [0.1, 0.15) is 63.2 Å². The fourth-order valence-corrected chi connectivity index (χ4v) is 3.24. The summed E-state index contributed by atoms with van der Waals surface area (Å²) in [7, 11) is 0.